The van der Waals surface area contributed by atoms with Gasteiger partial charge in [-0.15, -0.1) is 0 Å². The van der Waals surface area contributed by atoms with Crippen molar-refractivity contribution in [3.63, 3.8) is 0 Å². The third-order valence-electron chi connectivity index (χ3n) is 1.88. The van der Waals surface area contributed by atoms with Crippen LogP contribution in [0.5, 0.6) is 0 Å². The molecule has 1 aromatic carbocycles. The van der Waals surface area contributed by atoms with Crippen LogP contribution in [0.15, 0.2) is 18.2 Å². The lowest BCUT2D eigenvalue weighted by atomic mass is 10.2. The van der Waals surface area contributed by atoms with E-state index in [0.29, 0.717) is 29.2 Å². The van der Waals surface area contributed by atoms with Crippen molar-refractivity contribution in [2.75, 3.05) is 12.3 Å². The fourth-order valence-corrected chi connectivity index (χ4v) is 1.35. The number of nitrogens with two attached hydrogens (primary N) is 1. The normalized spacial score (nSPS) is 9.12. The summed E-state index contributed by atoms with van der Waals surface area (Å²) >= 11 is 5.94. The van der Waals surface area contributed by atoms with Crippen molar-refractivity contribution in [2.45, 2.75) is 13.3 Å². The number of halogens is 1. The van der Waals surface area contributed by atoms with Gasteiger partial charge in [0.1, 0.15) is 0 Å². The van der Waals surface area contributed by atoms with Crippen LogP contribution in [0.4, 0.5) is 5.69 Å². The summed E-state index contributed by atoms with van der Waals surface area (Å²) in [6.07, 6.45) is 0.574. The van der Waals surface area contributed by atoms with Gasteiger partial charge in [-0.25, -0.2) is 0 Å². The SMILES string of the molecule is CC(=O)NCCC#Cc1c(N)cccc1Cl. The molecule has 0 fully saturated rings. The molecule has 0 heterocycles. The summed E-state index contributed by atoms with van der Waals surface area (Å²) in [6.45, 7) is 2.01. The average molecular weight is 237 g/mol. The average Bonchev–Trinajstić information content (AvgIpc) is 2.21. The molecule has 3 N–H and O–H groups in total. The molecule has 3 nitrogen and oxygen atoms in total. The van der Waals surface area contributed by atoms with Crippen LogP contribution >= 0.6 is 11.6 Å². The monoisotopic (exact) mass is 236 g/mol. The van der Waals surface area contributed by atoms with E-state index in [1.807, 2.05) is 0 Å². The van der Waals surface area contributed by atoms with Crippen LogP contribution in [-0.4, -0.2) is 12.5 Å². The fraction of sp³-hybridized carbons (Fsp3) is 0.250. The quantitative estimate of drug-likeness (QED) is 0.467. The van der Waals surface area contributed by atoms with E-state index in [1.54, 1.807) is 18.2 Å². The van der Waals surface area contributed by atoms with E-state index >= 15 is 0 Å². The number of carbonyl (C=O) groups is 1. The molecule has 0 spiro atoms. The summed E-state index contributed by atoms with van der Waals surface area (Å²) in [7, 11) is 0. The molecule has 0 radical (unpaired) electrons. The summed E-state index contributed by atoms with van der Waals surface area (Å²) in [5, 5.41) is 3.20. The van der Waals surface area contributed by atoms with Gasteiger partial charge in [-0.2, -0.15) is 0 Å². The Labute approximate surface area is 100.0 Å². The van der Waals surface area contributed by atoms with Crippen molar-refractivity contribution in [2.24, 2.45) is 0 Å². The van der Waals surface area contributed by atoms with Gasteiger partial charge in [-0.05, 0) is 12.1 Å². The molecular weight excluding hydrogens is 224 g/mol. The lowest BCUT2D eigenvalue weighted by Crippen LogP contribution is -2.20. The van der Waals surface area contributed by atoms with Crippen molar-refractivity contribution >= 4 is 23.2 Å². The molecule has 0 unspecified atom stereocenters. The number of nitrogen functional groups attached to an aromatic ring is 1. The van der Waals surface area contributed by atoms with Gasteiger partial charge in [0.15, 0.2) is 0 Å². The highest BCUT2D eigenvalue weighted by Crippen LogP contribution is 2.20. The number of rotatable bonds is 2. The molecule has 4 heteroatoms. The Bertz CT molecular complexity index is 426. The van der Waals surface area contributed by atoms with E-state index < -0.39 is 0 Å². The maximum absolute atomic E-state index is 10.6. The Kier molecular flexibility index (Phi) is 4.68. The van der Waals surface area contributed by atoms with Gasteiger partial charge in [0.05, 0.1) is 10.6 Å². The number of nitrogens with one attached hydrogen (secondary N) is 1. The van der Waals surface area contributed by atoms with Gasteiger partial charge < -0.3 is 11.1 Å². The topological polar surface area (TPSA) is 55.1 Å². The van der Waals surface area contributed by atoms with Crippen LogP contribution in [0.25, 0.3) is 0 Å². The minimum atomic E-state index is -0.0564. The zero-order valence-electron chi connectivity index (χ0n) is 9.01. The first-order valence-electron chi connectivity index (χ1n) is 4.88. The maximum atomic E-state index is 10.6. The summed E-state index contributed by atoms with van der Waals surface area (Å²) < 4.78 is 0. The standard InChI is InChI=1S/C12H13ClN2O/c1-9(16)15-8-3-2-5-10-11(13)6-4-7-12(10)14/h4,6-7H,3,8,14H2,1H3,(H,15,16). The van der Waals surface area contributed by atoms with Crippen molar-refractivity contribution in [1.82, 2.24) is 5.32 Å². The van der Waals surface area contributed by atoms with E-state index in [9.17, 15) is 4.79 Å². The van der Waals surface area contributed by atoms with Crippen molar-refractivity contribution in [3.8, 4) is 11.8 Å². The predicted octanol–water partition coefficient (Wildman–Crippen LogP) is 1.80. The molecule has 0 aliphatic rings. The molecule has 0 aliphatic carbocycles. The Balaban J connectivity index is 2.60. The van der Waals surface area contributed by atoms with Crippen LogP contribution in [-0.2, 0) is 4.79 Å². The van der Waals surface area contributed by atoms with Gasteiger partial charge in [-0.3, -0.25) is 4.79 Å². The summed E-state index contributed by atoms with van der Waals surface area (Å²) in [6, 6.07) is 5.28. The van der Waals surface area contributed by atoms with Crippen LogP contribution in [0.3, 0.4) is 0 Å². The molecule has 0 bridgehead atoms. The molecular formula is C12H13ClN2O. The molecule has 84 valence electrons. The van der Waals surface area contributed by atoms with Crippen LogP contribution in [0.2, 0.25) is 5.02 Å². The van der Waals surface area contributed by atoms with Gasteiger partial charge in [0.2, 0.25) is 5.91 Å². The first-order valence-corrected chi connectivity index (χ1v) is 5.26. The highest BCUT2D eigenvalue weighted by atomic mass is 35.5. The Morgan fingerprint density at radius 3 is 2.94 bits per heavy atom. The van der Waals surface area contributed by atoms with E-state index in [4.69, 9.17) is 17.3 Å². The smallest absolute Gasteiger partial charge is 0.216 e. The zero-order chi connectivity index (χ0) is 12.0. The first kappa shape index (κ1) is 12.4. The minimum absolute atomic E-state index is 0.0564. The zero-order valence-corrected chi connectivity index (χ0v) is 9.77. The number of anilines is 1. The van der Waals surface area contributed by atoms with E-state index in [-0.39, 0.29) is 5.91 Å². The lowest BCUT2D eigenvalue weighted by Gasteiger charge is -1.99. The summed E-state index contributed by atoms with van der Waals surface area (Å²) in [4.78, 5) is 10.6. The summed E-state index contributed by atoms with van der Waals surface area (Å²) in [5.41, 5.74) is 6.94. The van der Waals surface area contributed by atoms with Crippen LogP contribution in [0.1, 0.15) is 18.9 Å². The highest BCUT2D eigenvalue weighted by Gasteiger charge is 1.99. The summed E-state index contributed by atoms with van der Waals surface area (Å²) in [5.74, 6) is 5.75. The van der Waals surface area contributed by atoms with Crippen molar-refractivity contribution < 1.29 is 4.79 Å². The number of benzene rings is 1. The third-order valence-corrected chi connectivity index (χ3v) is 2.20. The Hall–Kier alpha value is -1.66. The molecule has 0 saturated heterocycles. The number of hydrogen-bond acceptors (Lipinski definition) is 2. The Morgan fingerprint density at radius 1 is 1.56 bits per heavy atom. The van der Waals surface area contributed by atoms with Crippen molar-refractivity contribution in [1.29, 1.82) is 0 Å². The van der Waals surface area contributed by atoms with Gasteiger partial charge in [0, 0.05) is 25.6 Å². The molecule has 0 atom stereocenters. The lowest BCUT2D eigenvalue weighted by molar-refractivity contribution is -0.118. The molecule has 0 saturated carbocycles. The second-order valence-electron chi connectivity index (χ2n) is 3.24. The second kappa shape index (κ2) is 6.04. The second-order valence-corrected chi connectivity index (χ2v) is 3.65. The Morgan fingerprint density at radius 2 is 2.31 bits per heavy atom. The predicted molar refractivity (Wildman–Crippen MR) is 66.0 cm³/mol. The molecule has 1 amide bonds. The van der Waals surface area contributed by atoms with Crippen LogP contribution in [0, 0.1) is 11.8 Å². The van der Waals surface area contributed by atoms with Crippen LogP contribution < -0.4 is 11.1 Å². The molecule has 16 heavy (non-hydrogen) atoms. The number of hydrogen-bond donors (Lipinski definition) is 2. The van der Waals surface area contributed by atoms with E-state index in [1.165, 1.54) is 6.92 Å². The van der Waals surface area contributed by atoms with Crippen molar-refractivity contribution in [3.05, 3.63) is 28.8 Å². The maximum Gasteiger partial charge on any atom is 0.216 e. The number of amides is 1. The van der Waals surface area contributed by atoms with Gasteiger partial charge in [0.25, 0.3) is 0 Å². The van der Waals surface area contributed by atoms with Gasteiger partial charge >= 0.3 is 0 Å². The molecule has 1 aromatic rings. The third kappa shape index (κ3) is 3.84. The van der Waals surface area contributed by atoms with E-state index in [0.717, 1.165) is 0 Å². The van der Waals surface area contributed by atoms with Gasteiger partial charge in [-0.1, -0.05) is 29.5 Å². The largest absolute Gasteiger partial charge is 0.398 e. The number of carbonyl (C=O) groups excluding carboxylic acids is 1. The fourth-order valence-electron chi connectivity index (χ4n) is 1.12. The molecule has 1 rings (SSSR count). The molecule has 0 aliphatic heterocycles. The van der Waals surface area contributed by atoms with E-state index in [2.05, 4.69) is 17.2 Å². The highest BCUT2D eigenvalue weighted by molar-refractivity contribution is 6.32. The first-order chi connectivity index (χ1) is 7.61. The minimum Gasteiger partial charge on any atom is -0.398 e. The molecule has 0 aromatic heterocycles.